The van der Waals surface area contributed by atoms with Crippen molar-refractivity contribution in [3.63, 3.8) is 0 Å². The minimum Gasteiger partial charge on any atom is -0.476 e. The van der Waals surface area contributed by atoms with Crippen molar-refractivity contribution in [1.29, 1.82) is 0 Å². The van der Waals surface area contributed by atoms with Crippen LogP contribution in [0.25, 0.3) is 0 Å². The first kappa shape index (κ1) is 19.9. The second-order valence-corrected chi connectivity index (χ2v) is 8.75. The van der Waals surface area contributed by atoms with Crippen LogP contribution >= 0.6 is 0 Å². The summed E-state index contributed by atoms with van der Waals surface area (Å²) in [5, 5.41) is 2.47. The zero-order valence-corrected chi connectivity index (χ0v) is 16.9. The second kappa shape index (κ2) is 7.79. The van der Waals surface area contributed by atoms with Crippen molar-refractivity contribution in [3.05, 3.63) is 84.2 Å². The average Bonchev–Trinajstić information content (AvgIpc) is 2.74. The fourth-order valence-electron chi connectivity index (χ4n) is 3.18. The number of aryl methyl sites for hydroxylation is 1. The van der Waals surface area contributed by atoms with Gasteiger partial charge >= 0.3 is 0 Å². The van der Waals surface area contributed by atoms with Crippen LogP contribution in [0.1, 0.15) is 5.56 Å². The molecule has 3 aromatic carbocycles. The fraction of sp³-hybridized carbons (Fsp3) is 0.136. The number of carbonyl (C=O) groups excluding carboxylic acids is 1. The summed E-state index contributed by atoms with van der Waals surface area (Å²) in [5.74, 6) is -0.974. The first-order valence-electron chi connectivity index (χ1n) is 9.27. The molecule has 0 aromatic heterocycles. The second-order valence-electron chi connectivity index (χ2n) is 6.89. The van der Waals surface area contributed by atoms with Crippen LogP contribution in [0.15, 0.2) is 77.7 Å². The van der Waals surface area contributed by atoms with Gasteiger partial charge in [-0.15, -0.1) is 0 Å². The van der Waals surface area contributed by atoms with Gasteiger partial charge < -0.3 is 10.1 Å². The number of ether oxygens (including phenoxy) is 1. The summed E-state index contributed by atoms with van der Waals surface area (Å²) in [6.07, 6.45) is -1.15. The molecule has 1 unspecified atom stereocenters. The van der Waals surface area contributed by atoms with Crippen LogP contribution in [-0.2, 0) is 14.8 Å². The Bertz CT molecular complexity index is 1200. The van der Waals surface area contributed by atoms with Gasteiger partial charge in [-0.05, 0) is 43.3 Å². The lowest BCUT2D eigenvalue weighted by Gasteiger charge is -2.34. The summed E-state index contributed by atoms with van der Waals surface area (Å²) in [7, 11) is -3.94. The first-order valence-corrected chi connectivity index (χ1v) is 10.7. The lowest BCUT2D eigenvalue weighted by molar-refractivity contribution is -0.122. The lowest BCUT2D eigenvalue weighted by atomic mass is 10.2. The van der Waals surface area contributed by atoms with Gasteiger partial charge in [0.2, 0.25) is 0 Å². The normalized spacial score (nSPS) is 15.8. The number of halogens is 1. The Morgan fingerprint density at radius 2 is 1.70 bits per heavy atom. The Morgan fingerprint density at radius 1 is 1.03 bits per heavy atom. The molecular weight excluding hydrogens is 407 g/mol. The predicted molar refractivity (Wildman–Crippen MR) is 112 cm³/mol. The van der Waals surface area contributed by atoms with E-state index in [1.807, 2.05) is 6.92 Å². The number of rotatable bonds is 4. The summed E-state index contributed by atoms with van der Waals surface area (Å²) in [5.41, 5.74) is 1.27. The van der Waals surface area contributed by atoms with E-state index in [1.165, 1.54) is 30.3 Å². The van der Waals surface area contributed by atoms with Crippen LogP contribution < -0.4 is 14.4 Å². The van der Waals surface area contributed by atoms with Crippen molar-refractivity contribution in [2.24, 2.45) is 0 Å². The summed E-state index contributed by atoms with van der Waals surface area (Å²) in [6.45, 7) is 1.62. The lowest BCUT2D eigenvalue weighted by Crippen LogP contribution is -2.48. The average molecular weight is 426 g/mol. The molecule has 0 bridgehead atoms. The summed E-state index contributed by atoms with van der Waals surface area (Å²) >= 11 is 0. The number of hydrogen-bond acceptors (Lipinski definition) is 4. The molecule has 0 fully saturated rings. The number of benzene rings is 3. The Labute approximate surface area is 174 Å². The van der Waals surface area contributed by atoms with E-state index in [-0.39, 0.29) is 22.9 Å². The van der Waals surface area contributed by atoms with Gasteiger partial charge in [-0.3, -0.25) is 9.10 Å². The van der Waals surface area contributed by atoms with E-state index in [4.69, 9.17) is 4.74 Å². The van der Waals surface area contributed by atoms with Gasteiger partial charge in [0.15, 0.2) is 6.10 Å². The Hall–Kier alpha value is -3.39. The van der Waals surface area contributed by atoms with E-state index >= 15 is 0 Å². The molecule has 0 aliphatic carbocycles. The van der Waals surface area contributed by atoms with Crippen LogP contribution in [0.2, 0.25) is 0 Å². The molecule has 0 saturated heterocycles. The van der Waals surface area contributed by atoms with Crippen LogP contribution in [0.4, 0.5) is 15.8 Å². The minimum atomic E-state index is -3.94. The molecule has 3 aromatic rings. The minimum absolute atomic E-state index is 0.00194. The quantitative estimate of drug-likeness (QED) is 0.690. The molecule has 1 atom stereocenters. The Balaban J connectivity index is 1.68. The highest BCUT2D eigenvalue weighted by atomic mass is 32.2. The van der Waals surface area contributed by atoms with E-state index in [9.17, 15) is 17.6 Å². The molecule has 0 spiro atoms. The third-order valence-electron chi connectivity index (χ3n) is 4.77. The number of fused-ring (bicyclic) bond motifs is 1. The van der Waals surface area contributed by atoms with E-state index in [2.05, 4.69) is 5.32 Å². The molecule has 8 heteroatoms. The van der Waals surface area contributed by atoms with Gasteiger partial charge in [0.1, 0.15) is 11.6 Å². The monoisotopic (exact) mass is 426 g/mol. The van der Waals surface area contributed by atoms with E-state index in [1.54, 1.807) is 42.5 Å². The maximum atomic E-state index is 13.9. The van der Waals surface area contributed by atoms with Crippen molar-refractivity contribution in [2.45, 2.75) is 17.9 Å². The number of amides is 1. The smallest absolute Gasteiger partial charge is 0.267 e. The van der Waals surface area contributed by atoms with Crippen LogP contribution in [0.3, 0.4) is 0 Å². The summed E-state index contributed by atoms with van der Waals surface area (Å²) in [6, 6.07) is 18.8. The van der Waals surface area contributed by atoms with Crippen molar-refractivity contribution >= 4 is 27.3 Å². The zero-order valence-electron chi connectivity index (χ0n) is 16.1. The number of hydrogen-bond donors (Lipinski definition) is 1. The number of anilines is 2. The highest BCUT2D eigenvalue weighted by Gasteiger charge is 2.37. The maximum absolute atomic E-state index is 13.9. The van der Waals surface area contributed by atoms with Gasteiger partial charge in [-0.2, -0.15) is 0 Å². The van der Waals surface area contributed by atoms with Crippen LogP contribution in [0, 0.1) is 12.7 Å². The van der Waals surface area contributed by atoms with Gasteiger partial charge in [0, 0.05) is 0 Å². The van der Waals surface area contributed by atoms with Crippen molar-refractivity contribution in [2.75, 3.05) is 16.2 Å². The van der Waals surface area contributed by atoms with E-state index in [0.29, 0.717) is 5.69 Å². The highest BCUT2D eigenvalue weighted by Crippen LogP contribution is 2.37. The molecule has 1 aliphatic heterocycles. The highest BCUT2D eigenvalue weighted by molar-refractivity contribution is 7.92. The maximum Gasteiger partial charge on any atom is 0.267 e. The number of nitrogens with zero attached hydrogens (tertiary/aromatic N) is 1. The van der Waals surface area contributed by atoms with E-state index < -0.39 is 27.9 Å². The molecule has 0 saturated carbocycles. The first-order chi connectivity index (χ1) is 14.4. The zero-order chi connectivity index (χ0) is 21.3. The SMILES string of the molecule is Cc1ccc(S(=O)(=O)N2CC(C(=O)Nc3ccccc3F)Oc3ccccc32)cc1. The molecule has 0 radical (unpaired) electrons. The van der Waals surface area contributed by atoms with Gasteiger partial charge in [-0.1, -0.05) is 42.0 Å². The molecule has 1 aliphatic rings. The van der Waals surface area contributed by atoms with Crippen molar-refractivity contribution in [3.8, 4) is 5.75 Å². The standard InChI is InChI=1S/C22H19FN2O4S/c1-15-10-12-16(13-11-15)30(27,28)25-14-21(29-20-9-5-4-8-19(20)25)22(26)24-18-7-3-2-6-17(18)23/h2-13,21H,14H2,1H3,(H,24,26). The van der Waals surface area contributed by atoms with Gasteiger partial charge in [0.05, 0.1) is 22.8 Å². The summed E-state index contributed by atoms with van der Waals surface area (Å²) < 4.78 is 47.5. The predicted octanol–water partition coefficient (Wildman–Crippen LogP) is 3.73. The molecule has 1 amide bonds. The van der Waals surface area contributed by atoms with Gasteiger partial charge in [-0.25, -0.2) is 12.8 Å². The summed E-state index contributed by atoms with van der Waals surface area (Å²) in [4.78, 5) is 12.9. The molecule has 1 heterocycles. The third-order valence-corrected chi connectivity index (χ3v) is 6.56. The van der Waals surface area contributed by atoms with E-state index in [0.717, 1.165) is 9.87 Å². The topological polar surface area (TPSA) is 75.7 Å². The van der Waals surface area contributed by atoms with Crippen LogP contribution in [-0.4, -0.2) is 27.0 Å². The fourth-order valence-corrected chi connectivity index (χ4v) is 4.66. The molecular formula is C22H19FN2O4S. The molecule has 6 nitrogen and oxygen atoms in total. The third kappa shape index (κ3) is 3.73. The molecule has 1 N–H and O–H groups in total. The number of para-hydroxylation sites is 3. The molecule has 154 valence electrons. The number of nitrogens with one attached hydrogen (secondary N) is 1. The van der Waals surface area contributed by atoms with Gasteiger partial charge in [0.25, 0.3) is 15.9 Å². The largest absolute Gasteiger partial charge is 0.476 e. The van der Waals surface area contributed by atoms with Crippen molar-refractivity contribution in [1.82, 2.24) is 0 Å². The van der Waals surface area contributed by atoms with Crippen LogP contribution in [0.5, 0.6) is 5.75 Å². The number of carbonyl (C=O) groups is 1. The molecule has 4 rings (SSSR count). The molecule has 30 heavy (non-hydrogen) atoms. The van der Waals surface area contributed by atoms with Crippen molar-refractivity contribution < 1.29 is 22.3 Å². The Morgan fingerprint density at radius 3 is 2.43 bits per heavy atom. The number of sulfonamides is 1. The Kier molecular flexibility index (Phi) is 5.17.